The first-order valence-corrected chi connectivity index (χ1v) is 10.8. The van der Waals surface area contributed by atoms with Crippen LogP contribution in [-0.2, 0) is 4.79 Å². The second kappa shape index (κ2) is 10.1. The molecule has 6 heteroatoms. The highest BCUT2D eigenvalue weighted by molar-refractivity contribution is 5.80. The smallest absolute Gasteiger partial charge is 0.225 e. The summed E-state index contributed by atoms with van der Waals surface area (Å²) in [4.78, 5) is 24.0. The highest BCUT2D eigenvalue weighted by atomic mass is 16.5. The third-order valence-electron chi connectivity index (χ3n) is 5.61. The number of hydrogen-bond donors (Lipinski definition) is 1. The molecule has 1 aliphatic rings. The summed E-state index contributed by atoms with van der Waals surface area (Å²) in [5, 5.41) is 3.30. The molecule has 0 saturated carbocycles. The number of carbonyl (C=O) groups is 1. The number of nitrogens with one attached hydrogen (secondary N) is 1. The van der Waals surface area contributed by atoms with Crippen LogP contribution in [0.3, 0.4) is 0 Å². The van der Waals surface area contributed by atoms with Crippen LogP contribution in [0.15, 0.2) is 73.2 Å². The third-order valence-corrected chi connectivity index (χ3v) is 5.61. The van der Waals surface area contributed by atoms with Crippen molar-refractivity contribution in [1.29, 1.82) is 0 Å². The van der Waals surface area contributed by atoms with Crippen LogP contribution in [0.25, 0.3) is 0 Å². The molecule has 1 N–H and O–H groups in total. The Morgan fingerprint density at radius 2 is 1.90 bits per heavy atom. The number of rotatable bonds is 7. The van der Waals surface area contributed by atoms with Gasteiger partial charge in [-0.05, 0) is 43.0 Å². The second-order valence-electron chi connectivity index (χ2n) is 7.70. The number of hydrogen-bond acceptors (Lipinski definition) is 5. The van der Waals surface area contributed by atoms with Crippen LogP contribution >= 0.6 is 0 Å². The normalized spacial score (nSPS) is 17.1. The van der Waals surface area contributed by atoms with E-state index in [4.69, 9.17) is 4.74 Å². The standard InChI is InChI=1S/C25H28N4O2/c1-2-31-22-12-10-20(11-13-22)24(19-7-4-3-5-8-19)28-25(30)21-9-6-16-29(18-21)23-17-26-14-15-27-23/h3-5,7-8,10-15,17,21,24H,2,6,9,16,18H2,1H3,(H,28,30)/t21-,24-/m1/s1. The number of carbonyl (C=O) groups excluding carboxylic acids is 1. The van der Waals surface area contributed by atoms with E-state index in [0.717, 1.165) is 42.1 Å². The van der Waals surface area contributed by atoms with Crippen LogP contribution in [0, 0.1) is 5.92 Å². The molecule has 160 valence electrons. The van der Waals surface area contributed by atoms with Crippen molar-refractivity contribution in [1.82, 2.24) is 15.3 Å². The molecule has 0 radical (unpaired) electrons. The zero-order valence-corrected chi connectivity index (χ0v) is 17.8. The van der Waals surface area contributed by atoms with Crippen molar-refractivity contribution in [3.8, 4) is 5.75 Å². The summed E-state index contributed by atoms with van der Waals surface area (Å²) < 4.78 is 5.57. The van der Waals surface area contributed by atoms with Crippen LogP contribution in [0.5, 0.6) is 5.75 Å². The third kappa shape index (κ3) is 5.20. The number of amides is 1. The monoisotopic (exact) mass is 416 g/mol. The number of nitrogens with zero attached hydrogens (tertiary/aromatic N) is 3. The van der Waals surface area contributed by atoms with Gasteiger partial charge in [-0.15, -0.1) is 0 Å². The first kappa shape index (κ1) is 20.8. The first-order valence-electron chi connectivity index (χ1n) is 10.8. The highest BCUT2D eigenvalue weighted by Gasteiger charge is 2.28. The van der Waals surface area contributed by atoms with Gasteiger partial charge in [0.1, 0.15) is 11.6 Å². The summed E-state index contributed by atoms with van der Waals surface area (Å²) >= 11 is 0. The zero-order valence-electron chi connectivity index (χ0n) is 17.8. The summed E-state index contributed by atoms with van der Waals surface area (Å²) in [5.74, 6) is 1.63. The van der Waals surface area contributed by atoms with E-state index in [1.165, 1.54) is 0 Å². The Hall–Kier alpha value is -3.41. The molecule has 0 bridgehead atoms. The maximum absolute atomic E-state index is 13.3. The maximum Gasteiger partial charge on any atom is 0.225 e. The minimum absolute atomic E-state index is 0.0660. The molecule has 4 rings (SSSR count). The fourth-order valence-corrected chi connectivity index (χ4v) is 4.04. The van der Waals surface area contributed by atoms with Crippen molar-refractivity contribution in [3.05, 3.63) is 84.3 Å². The zero-order chi connectivity index (χ0) is 21.5. The van der Waals surface area contributed by atoms with E-state index < -0.39 is 0 Å². The molecule has 1 saturated heterocycles. The van der Waals surface area contributed by atoms with E-state index in [1.54, 1.807) is 18.6 Å². The molecule has 1 fully saturated rings. The van der Waals surface area contributed by atoms with Crippen LogP contribution in [-0.4, -0.2) is 35.6 Å². The van der Waals surface area contributed by atoms with Crippen molar-refractivity contribution in [3.63, 3.8) is 0 Å². The summed E-state index contributed by atoms with van der Waals surface area (Å²) in [5.41, 5.74) is 2.09. The van der Waals surface area contributed by atoms with Gasteiger partial charge in [-0.1, -0.05) is 42.5 Å². The average molecular weight is 417 g/mol. The molecule has 2 atom stereocenters. The number of piperidine rings is 1. The number of ether oxygens (including phenoxy) is 1. The van der Waals surface area contributed by atoms with Crippen molar-refractivity contribution in [2.45, 2.75) is 25.8 Å². The van der Waals surface area contributed by atoms with Gasteiger partial charge < -0.3 is 15.0 Å². The minimum Gasteiger partial charge on any atom is -0.494 e. The van der Waals surface area contributed by atoms with E-state index in [-0.39, 0.29) is 17.9 Å². The molecule has 0 aliphatic carbocycles. The molecule has 2 aromatic carbocycles. The molecule has 31 heavy (non-hydrogen) atoms. The maximum atomic E-state index is 13.3. The molecule has 1 amide bonds. The van der Waals surface area contributed by atoms with Crippen molar-refractivity contribution >= 4 is 11.7 Å². The SMILES string of the molecule is CCOc1ccc([C@H](NC(=O)[C@@H]2CCCN(c3cnccn3)C2)c2ccccc2)cc1. The lowest BCUT2D eigenvalue weighted by molar-refractivity contribution is -0.125. The van der Waals surface area contributed by atoms with Gasteiger partial charge in [0.05, 0.1) is 24.8 Å². The average Bonchev–Trinajstić information content (AvgIpc) is 2.84. The molecule has 1 aromatic heterocycles. The Morgan fingerprint density at radius 1 is 1.13 bits per heavy atom. The van der Waals surface area contributed by atoms with E-state index in [9.17, 15) is 4.79 Å². The quantitative estimate of drug-likeness (QED) is 0.631. The lowest BCUT2D eigenvalue weighted by atomic mass is 9.94. The van der Waals surface area contributed by atoms with Crippen molar-refractivity contribution in [2.24, 2.45) is 5.92 Å². The summed E-state index contributed by atoms with van der Waals surface area (Å²) in [6.45, 7) is 4.14. The molecular formula is C25H28N4O2. The lowest BCUT2D eigenvalue weighted by Gasteiger charge is -2.33. The van der Waals surface area contributed by atoms with Gasteiger partial charge >= 0.3 is 0 Å². The topological polar surface area (TPSA) is 67.3 Å². The predicted molar refractivity (Wildman–Crippen MR) is 121 cm³/mol. The second-order valence-corrected chi connectivity index (χ2v) is 7.70. The number of anilines is 1. The summed E-state index contributed by atoms with van der Waals surface area (Å²) in [7, 11) is 0. The Labute approximate surface area is 183 Å². The Morgan fingerprint density at radius 3 is 2.61 bits per heavy atom. The van der Waals surface area contributed by atoms with E-state index >= 15 is 0 Å². The molecule has 2 heterocycles. The summed E-state index contributed by atoms with van der Waals surface area (Å²) in [6.07, 6.45) is 6.93. The Bertz CT molecular complexity index is 964. The largest absolute Gasteiger partial charge is 0.494 e. The van der Waals surface area contributed by atoms with Gasteiger partial charge in [-0.2, -0.15) is 0 Å². The van der Waals surface area contributed by atoms with Gasteiger partial charge in [-0.3, -0.25) is 9.78 Å². The first-order chi connectivity index (χ1) is 15.2. The van der Waals surface area contributed by atoms with Gasteiger partial charge in [0.25, 0.3) is 0 Å². The lowest BCUT2D eigenvalue weighted by Crippen LogP contribution is -2.44. The van der Waals surface area contributed by atoms with Gasteiger partial charge in [0.15, 0.2) is 0 Å². The molecule has 6 nitrogen and oxygen atoms in total. The van der Waals surface area contributed by atoms with Crippen LogP contribution < -0.4 is 15.0 Å². The minimum atomic E-state index is -0.212. The van der Waals surface area contributed by atoms with Gasteiger partial charge in [-0.25, -0.2) is 4.98 Å². The van der Waals surface area contributed by atoms with E-state index in [0.29, 0.717) is 13.2 Å². The highest BCUT2D eigenvalue weighted by Crippen LogP contribution is 2.27. The van der Waals surface area contributed by atoms with E-state index in [1.807, 2.05) is 61.5 Å². The van der Waals surface area contributed by atoms with Crippen LogP contribution in [0.1, 0.15) is 36.9 Å². The molecule has 0 spiro atoms. The fraction of sp³-hybridized carbons (Fsp3) is 0.320. The number of benzene rings is 2. The Kier molecular flexibility index (Phi) is 6.77. The number of aromatic nitrogens is 2. The van der Waals surface area contributed by atoms with E-state index in [2.05, 4.69) is 20.2 Å². The summed E-state index contributed by atoms with van der Waals surface area (Å²) in [6, 6.07) is 17.8. The van der Waals surface area contributed by atoms with Crippen molar-refractivity contribution < 1.29 is 9.53 Å². The molecular weight excluding hydrogens is 388 g/mol. The fourth-order valence-electron chi connectivity index (χ4n) is 4.04. The molecule has 1 aliphatic heterocycles. The Balaban J connectivity index is 1.51. The van der Waals surface area contributed by atoms with Gasteiger partial charge in [0, 0.05) is 25.5 Å². The molecule has 0 unspecified atom stereocenters. The van der Waals surface area contributed by atoms with Crippen LogP contribution in [0.2, 0.25) is 0 Å². The van der Waals surface area contributed by atoms with Crippen LogP contribution in [0.4, 0.5) is 5.82 Å². The van der Waals surface area contributed by atoms with Crippen molar-refractivity contribution in [2.75, 3.05) is 24.6 Å². The molecule has 3 aromatic rings. The van der Waals surface area contributed by atoms with Gasteiger partial charge in [0.2, 0.25) is 5.91 Å². The predicted octanol–water partition coefficient (Wildman–Crippen LogP) is 4.00.